The summed E-state index contributed by atoms with van der Waals surface area (Å²) in [6.45, 7) is 7.57. The minimum atomic E-state index is 0.00248. The molecule has 0 spiro atoms. The van der Waals surface area contributed by atoms with Crippen LogP contribution in [0.1, 0.15) is 12.5 Å². The lowest BCUT2D eigenvalue weighted by Crippen LogP contribution is -2.48. The Labute approximate surface area is 174 Å². The van der Waals surface area contributed by atoms with E-state index in [2.05, 4.69) is 36.0 Å². The van der Waals surface area contributed by atoms with Crippen LogP contribution in [0.3, 0.4) is 0 Å². The second-order valence-corrected chi connectivity index (χ2v) is 7.64. The van der Waals surface area contributed by atoms with Crippen LogP contribution in [-0.2, 0) is 11.3 Å². The number of para-hydroxylation sites is 1. The Morgan fingerprint density at radius 3 is 2.66 bits per heavy atom. The lowest BCUT2D eigenvalue weighted by atomic mass is 10.1. The lowest BCUT2D eigenvalue weighted by Gasteiger charge is -2.34. The summed E-state index contributed by atoms with van der Waals surface area (Å²) < 4.78 is 14.1. The molecule has 1 amide bonds. The predicted molar refractivity (Wildman–Crippen MR) is 115 cm³/mol. The van der Waals surface area contributed by atoms with Crippen LogP contribution in [0.15, 0.2) is 42.5 Å². The second-order valence-electron chi connectivity index (χ2n) is 7.11. The summed E-state index contributed by atoms with van der Waals surface area (Å²) in [4.78, 5) is 17.0. The fourth-order valence-electron chi connectivity index (χ4n) is 3.54. The van der Waals surface area contributed by atoms with Crippen LogP contribution in [-0.4, -0.2) is 63.8 Å². The highest BCUT2D eigenvalue weighted by Crippen LogP contribution is 2.21. The molecule has 2 heterocycles. The first-order valence-electron chi connectivity index (χ1n) is 9.89. The Morgan fingerprint density at radius 1 is 1.07 bits per heavy atom. The van der Waals surface area contributed by atoms with Gasteiger partial charge < -0.3 is 10.1 Å². The van der Waals surface area contributed by atoms with Crippen molar-refractivity contribution < 1.29 is 9.53 Å². The summed E-state index contributed by atoms with van der Waals surface area (Å²) in [5.41, 5.74) is 3.65. The SMILES string of the molecule is CCOc1ccccc1CN1CCN(CC(=O)Nc2ccc3nsnc3c2)CC1. The fraction of sp³-hybridized carbons (Fsp3) is 0.381. The molecule has 0 radical (unpaired) electrons. The molecule has 0 saturated carbocycles. The van der Waals surface area contributed by atoms with Gasteiger partial charge in [0.25, 0.3) is 0 Å². The summed E-state index contributed by atoms with van der Waals surface area (Å²) >= 11 is 1.18. The first-order valence-corrected chi connectivity index (χ1v) is 10.6. The molecule has 0 atom stereocenters. The molecule has 1 aliphatic heterocycles. The summed E-state index contributed by atoms with van der Waals surface area (Å²) in [5.74, 6) is 0.965. The first-order chi connectivity index (χ1) is 14.2. The van der Waals surface area contributed by atoms with Gasteiger partial charge in [-0.05, 0) is 31.2 Å². The summed E-state index contributed by atoms with van der Waals surface area (Å²) in [5, 5.41) is 2.97. The highest BCUT2D eigenvalue weighted by molar-refractivity contribution is 7.00. The molecule has 2 aromatic carbocycles. The smallest absolute Gasteiger partial charge is 0.238 e. The van der Waals surface area contributed by atoms with Crippen LogP contribution in [0.5, 0.6) is 5.75 Å². The zero-order chi connectivity index (χ0) is 20.1. The number of ether oxygens (including phenoxy) is 1. The number of carbonyl (C=O) groups is 1. The Kier molecular flexibility index (Phi) is 6.33. The molecule has 4 rings (SSSR count). The summed E-state index contributed by atoms with van der Waals surface area (Å²) in [6, 6.07) is 13.8. The van der Waals surface area contributed by atoms with Crippen molar-refractivity contribution in [1.29, 1.82) is 0 Å². The number of fused-ring (bicyclic) bond motifs is 1. The van der Waals surface area contributed by atoms with Gasteiger partial charge in [-0.3, -0.25) is 14.6 Å². The van der Waals surface area contributed by atoms with E-state index in [4.69, 9.17) is 4.74 Å². The molecule has 3 aromatic rings. The van der Waals surface area contributed by atoms with Gasteiger partial charge in [0.2, 0.25) is 5.91 Å². The number of benzene rings is 2. The van der Waals surface area contributed by atoms with Crippen molar-refractivity contribution in [3.05, 3.63) is 48.0 Å². The van der Waals surface area contributed by atoms with E-state index < -0.39 is 0 Å². The van der Waals surface area contributed by atoms with Gasteiger partial charge in [0.05, 0.1) is 24.9 Å². The maximum absolute atomic E-state index is 12.4. The molecule has 1 N–H and O–H groups in total. The van der Waals surface area contributed by atoms with Crippen LogP contribution in [0, 0.1) is 0 Å². The minimum Gasteiger partial charge on any atom is -0.494 e. The maximum Gasteiger partial charge on any atom is 0.238 e. The van der Waals surface area contributed by atoms with Crippen LogP contribution >= 0.6 is 11.7 Å². The van der Waals surface area contributed by atoms with Gasteiger partial charge in [0.15, 0.2) is 0 Å². The zero-order valence-electron chi connectivity index (χ0n) is 16.5. The van der Waals surface area contributed by atoms with E-state index in [1.54, 1.807) is 0 Å². The molecule has 0 aliphatic carbocycles. The Balaban J connectivity index is 1.26. The van der Waals surface area contributed by atoms with Crippen LogP contribution in [0.2, 0.25) is 0 Å². The Morgan fingerprint density at radius 2 is 1.83 bits per heavy atom. The number of nitrogens with one attached hydrogen (secondary N) is 1. The molecule has 8 heteroatoms. The monoisotopic (exact) mass is 411 g/mol. The fourth-order valence-corrected chi connectivity index (χ4v) is 4.06. The average Bonchev–Trinajstić information content (AvgIpc) is 3.19. The summed E-state index contributed by atoms with van der Waals surface area (Å²) in [7, 11) is 0. The van der Waals surface area contributed by atoms with Crippen molar-refractivity contribution in [1.82, 2.24) is 18.5 Å². The zero-order valence-corrected chi connectivity index (χ0v) is 17.3. The molecule has 1 aromatic heterocycles. The Bertz CT molecular complexity index is 968. The van der Waals surface area contributed by atoms with E-state index in [0.717, 1.165) is 55.2 Å². The quantitative estimate of drug-likeness (QED) is 0.645. The number of aromatic nitrogens is 2. The third-order valence-corrected chi connectivity index (χ3v) is 5.59. The van der Waals surface area contributed by atoms with E-state index in [-0.39, 0.29) is 5.91 Å². The van der Waals surface area contributed by atoms with Gasteiger partial charge in [0, 0.05) is 44.0 Å². The minimum absolute atomic E-state index is 0.00248. The average molecular weight is 412 g/mol. The molecule has 1 aliphatic rings. The maximum atomic E-state index is 12.4. The molecule has 152 valence electrons. The van der Waals surface area contributed by atoms with E-state index in [1.807, 2.05) is 37.3 Å². The number of piperazine rings is 1. The second kappa shape index (κ2) is 9.30. The van der Waals surface area contributed by atoms with Gasteiger partial charge in [-0.25, -0.2) is 0 Å². The van der Waals surface area contributed by atoms with Crippen LogP contribution in [0.25, 0.3) is 11.0 Å². The molecule has 0 bridgehead atoms. The van der Waals surface area contributed by atoms with Crippen molar-refractivity contribution in [2.75, 3.05) is 44.6 Å². The highest BCUT2D eigenvalue weighted by Gasteiger charge is 2.20. The largest absolute Gasteiger partial charge is 0.494 e. The number of carbonyl (C=O) groups excluding carboxylic acids is 1. The number of anilines is 1. The van der Waals surface area contributed by atoms with E-state index in [1.165, 1.54) is 17.3 Å². The van der Waals surface area contributed by atoms with Gasteiger partial charge in [-0.15, -0.1) is 0 Å². The standard InChI is InChI=1S/C21H25N5O2S/c1-2-28-20-6-4-3-5-16(20)14-25-9-11-26(12-10-25)15-21(27)22-17-7-8-18-19(13-17)24-29-23-18/h3-8,13H,2,9-12,14-15H2,1H3,(H,22,27). The molecule has 0 unspecified atom stereocenters. The first kappa shape index (κ1) is 19.8. The van der Waals surface area contributed by atoms with E-state index in [0.29, 0.717) is 13.2 Å². The van der Waals surface area contributed by atoms with Crippen molar-refractivity contribution >= 4 is 34.4 Å². The Hall–Kier alpha value is -2.55. The number of hydrogen-bond acceptors (Lipinski definition) is 7. The molecule has 1 fully saturated rings. The molecule has 7 nitrogen and oxygen atoms in total. The number of hydrogen-bond donors (Lipinski definition) is 1. The molecule has 29 heavy (non-hydrogen) atoms. The van der Waals surface area contributed by atoms with Gasteiger partial charge in [-0.1, -0.05) is 18.2 Å². The summed E-state index contributed by atoms with van der Waals surface area (Å²) in [6.07, 6.45) is 0. The number of amides is 1. The van der Waals surface area contributed by atoms with Crippen molar-refractivity contribution in [2.45, 2.75) is 13.5 Å². The van der Waals surface area contributed by atoms with Crippen LogP contribution in [0.4, 0.5) is 5.69 Å². The van der Waals surface area contributed by atoms with Crippen LogP contribution < -0.4 is 10.1 Å². The molecule has 1 saturated heterocycles. The number of nitrogens with zero attached hydrogens (tertiary/aromatic N) is 4. The van der Waals surface area contributed by atoms with E-state index in [9.17, 15) is 4.79 Å². The van der Waals surface area contributed by atoms with Crippen molar-refractivity contribution in [3.8, 4) is 5.75 Å². The molecular formula is C21H25N5O2S. The lowest BCUT2D eigenvalue weighted by molar-refractivity contribution is -0.117. The van der Waals surface area contributed by atoms with Gasteiger partial charge in [0.1, 0.15) is 16.8 Å². The number of rotatable bonds is 7. The predicted octanol–water partition coefficient (Wildman–Crippen LogP) is 2.85. The van der Waals surface area contributed by atoms with Gasteiger partial charge in [-0.2, -0.15) is 8.75 Å². The van der Waals surface area contributed by atoms with Crippen molar-refractivity contribution in [2.24, 2.45) is 0 Å². The van der Waals surface area contributed by atoms with Crippen molar-refractivity contribution in [3.63, 3.8) is 0 Å². The third-order valence-electron chi connectivity index (χ3n) is 5.04. The van der Waals surface area contributed by atoms with Gasteiger partial charge >= 0.3 is 0 Å². The normalized spacial score (nSPS) is 15.5. The van der Waals surface area contributed by atoms with E-state index >= 15 is 0 Å². The highest BCUT2D eigenvalue weighted by atomic mass is 32.1. The third kappa shape index (κ3) is 5.09. The topological polar surface area (TPSA) is 70.6 Å². The molecular weight excluding hydrogens is 386 g/mol.